The molecule has 0 saturated carbocycles. The zero-order chi connectivity index (χ0) is 17.3. The smallest absolute Gasteiger partial charge is 0.416 e. The van der Waals surface area contributed by atoms with Crippen molar-refractivity contribution in [3.05, 3.63) is 65.2 Å². The molecule has 3 rings (SSSR count). The molecule has 0 fully saturated rings. The summed E-state index contributed by atoms with van der Waals surface area (Å²) in [6, 6.07) is 12.3. The number of carboxylic acids is 1. The maximum Gasteiger partial charge on any atom is 0.416 e. The fraction of sp³-hybridized carbons (Fsp3) is 0.278. The first-order chi connectivity index (χ1) is 11.3. The number of halogens is 3. The first-order valence-electron chi connectivity index (χ1n) is 7.59. The van der Waals surface area contributed by atoms with Crippen LogP contribution in [0.15, 0.2) is 48.5 Å². The Bertz CT molecular complexity index is 741. The molecule has 1 heterocycles. The average molecular weight is 335 g/mol. The van der Waals surface area contributed by atoms with Crippen LogP contribution in [0.1, 0.15) is 41.5 Å². The van der Waals surface area contributed by atoms with Gasteiger partial charge in [0.1, 0.15) is 0 Å². The summed E-state index contributed by atoms with van der Waals surface area (Å²) in [5.41, 5.74) is 1.79. The van der Waals surface area contributed by atoms with Gasteiger partial charge in [-0.3, -0.25) is 4.79 Å². The highest BCUT2D eigenvalue weighted by Crippen LogP contribution is 2.42. The van der Waals surface area contributed by atoms with E-state index in [1.807, 2.05) is 24.3 Å². The number of aliphatic carboxylic acids is 1. The van der Waals surface area contributed by atoms with Crippen molar-refractivity contribution in [2.75, 3.05) is 5.32 Å². The lowest BCUT2D eigenvalue weighted by Gasteiger charge is -2.33. The van der Waals surface area contributed by atoms with Gasteiger partial charge in [-0.15, -0.1) is 0 Å². The third kappa shape index (κ3) is 3.37. The van der Waals surface area contributed by atoms with E-state index in [4.69, 9.17) is 5.11 Å². The predicted molar refractivity (Wildman–Crippen MR) is 83.9 cm³/mol. The van der Waals surface area contributed by atoms with Gasteiger partial charge in [0.2, 0.25) is 0 Å². The number of hydrogen-bond acceptors (Lipinski definition) is 2. The molecule has 0 amide bonds. The summed E-state index contributed by atoms with van der Waals surface area (Å²) in [5, 5.41) is 12.4. The number of carbonyl (C=O) groups is 1. The molecule has 0 aliphatic carbocycles. The van der Waals surface area contributed by atoms with Gasteiger partial charge < -0.3 is 10.4 Å². The molecule has 2 atom stereocenters. The molecule has 3 nitrogen and oxygen atoms in total. The number of carboxylic acid groups (broad SMARTS) is 1. The number of anilines is 1. The molecule has 1 aliphatic heterocycles. The van der Waals surface area contributed by atoms with Crippen molar-refractivity contribution in [1.82, 2.24) is 0 Å². The second-order valence-electron chi connectivity index (χ2n) is 5.93. The van der Waals surface area contributed by atoms with Gasteiger partial charge in [0, 0.05) is 5.69 Å². The lowest BCUT2D eigenvalue weighted by atomic mass is 9.82. The molecule has 1 aliphatic rings. The van der Waals surface area contributed by atoms with Crippen LogP contribution in [0.2, 0.25) is 0 Å². The summed E-state index contributed by atoms with van der Waals surface area (Å²) in [5.74, 6) is -1.06. The van der Waals surface area contributed by atoms with Gasteiger partial charge in [0.15, 0.2) is 0 Å². The Morgan fingerprint density at radius 3 is 2.42 bits per heavy atom. The van der Waals surface area contributed by atoms with Crippen molar-refractivity contribution in [1.29, 1.82) is 0 Å². The zero-order valence-corrected chi connectivity index (χ0v) is 12.7. The minimum atomic E-state index is -4.36. The molecule has 2 N–H and O–H groups in total. The van der Waals surface area contributed by atoms with E-state index in [0.717, 1.165) is 23.4 Å². The summed E-state index contributed by atoms with van der Waals surface area (Å²) >= 11 is 0. The van der Waals surface area contributed by atoms with E-state index in [1.54, 1.807) is 0 Å². The second-order valence-corrected chi connectivity index (χ2v) is 5.93. The van der Waals surface area contributed by atoms with Gasteiger partial charge in [0.25, 0.3) is 0 Å². The lowest BCUT2D eigenvalue weighted by Crippen LogP contribution is -2.23. The Balaban J connectivity index is 1.89. The number of hydrogen-bond donors (Lipinski definition) is 2. The van der Waals surface area contributed by atoms with Gasteiger partial charge in [-0.05, 0) is 41.7 Å². The van der Waals surface area contributed by atoms with E-state index >= 15 is 0 Å². The van der Waals surface area contributed by atoms with Crippen LogP contribution >= 0.6 is 0 Å². The van der Waals surface area contributed by atoms with Crippen LogP contribution in [-0.2, 0) is 11.0 Å². The average Bonchev–Trinajstić information content (AvgIpc) is 2.53. The third-order valence-corrected chi connectivity index (χ3v) is 4.31. The molecular weight excluding hydrogens is 319 g/mol. The normalized spacial score (nSPS) is 20.1. The highest BCUT2D eigenvalue weighted by atomic mass is 19.4. The van der Waals surface area contributed by atoms with E-state index in [-0.39, 0.29) is 18.4 Å². The van der Waals surface area contributed by atoms with Crippen molar-refractivity contribution >= 4 is 11.7 Å². The standard InChI is InChI=1S/C18H16F3NO2/c19-18(20,21)13-7-5-11(6-8-13)16-9-12(10-17(23)24)14-3-1-2-4-15(14)22-16/h1-8,12,16,22H,9-10H2,(H,23,24). The summed E-state index contributed by atoms with van der Waals surface area (Å²) in [6.45, 7) is 0. The molecule has 126 valence electrons. The Kier molecular flexibility index (Phi) is 4.22. The van der Waals surface area contributed by atoms with Crippen molar-refractivity contribution < 1.29 is 23.1 Å². The number of fused-ring (bicyclic) bond motifs is 1. The predicted octanol–water partition coefficient (Wildman–Crippen LogP) is 4.82. The molecule has 0 aromatic heterocycles. The molecule has 24 heavy (non-hydrogen) atoms. The number of rotatable bonds is 3. The van der Waals surface area contributed by atoms with Crippen LogP contribution in [0.3, 0.4) is 0 Å². The van der Waals surface area contributed by atoms with E-state index in [2.05, 4.69) is 5.32 Å². The van der Waals surface area contributed by atoms with E-state index < -0.39 is 17.7 Å². The van der Waals surface area contributed by atoms with Gasteiger partial charge in [-0.2, -0.15) is 13.2 Å². The first-order valence-corrected chi connectivity index (χ1v) is 7.59. The summed E-state index contributed by atoms with van der Waals surface area (Å²) in [4.78, 5) is 11.1. The van der Waals surface area contributed by atoms with Crippen LogP contribution in [0.5, 0.6) is 0 Å². The van der Waals surface area contributed by atoms with Gasteiger partial charge in [0.05, 0.1) is 18.0 Å². The highest BCUT2D eigenvalue weighted by Gasteiger charge is 2.32. The topological polar surface area (TPSA) is 49.3 Å². The zero-order valence-electron chi connectivity index (χ0n) is 12.7. The third-order valence-electron chi connectivity index (χ3n) is 4.31. The fourth-order valence-corrected chi connectivity index (χ4v) is 3.17. The summed E-state index contributed by atoms with van der Waals surface area (Å²) < 4.78 is 38.1. The highest BCUT2D eigenvalue weighted by molar-refractivity contribution is 5.70. The van der Waals surface area contributed by atoms with Crippen LogP contribution < -0.4 is 5.32 Å². The molecule has 0 bridgehead atoms. The second kappa shape index (κ2) is 6.19. The number of alkyl halides is 3. The molecule has 2 unspecified atom stereocenters. The number of nitrogens with one attached hydrogen (secondary N) is 1. The Labute approximate surface area is 137 Å². The number of para-hydroxylation sites is 1. The SMILES string of the molecule is O=C(O)CC1CC(c2ccc(C(F)(F)F)cc2)Nc2ccccc21. The van der Waals surface area contributed by atoms with Gasteiger partial charge >= 0.3 is 12.1 Å². The molecule has 0 spiro atoms. The molecule has 0 radical (unpaired) electrons. The van der Waals surface area contributed by atoms with E-state index in [0.29, 0.717) is 12.0 Å². The monoisotopic (exact) mass is 335 g/mol. The number of benzene rings is 2. The molecule has 2 aromatic rings. The molecule has 0 saturated heterocycles. The van der Waals surface area contributed by atoms with Crippen LogP contribution in [0.25, 0.3) is 0 Å². The quantitative estimate of drug-likeness (QED) is 0.845. The van der Waals surface area contributed by atoms with Gasteiger partial charge in [-0.1, -0.05) is 30.3 Å². The first kappa shape index (κ1) is 16.4. The van der Waals surface area contributed by atoms with Gasteiger partial charge in [-0.25, -0.2) is 0 Å². The van der Waals surface area contributed by atoms with Crippen molar-refractivity contribution in [3.8, 4) is 0 Å². The van der Waals surface area contributed by atoms with Crippen LogP contribution in [0.4, 0.5) is 18.9 Å². The molecular formula is C18H16F3NO2. The Morgan fingerprint density at radius 2 is 1.79 bits per heavy atom. The minimum absolute atomic E-state index is 0.00414. The van der Waals surface area contributed by atoms with E-state index in [1.165, 1.54) is 12.1 Å². The largest absolute Gasteiger partial charge is 0.481 e. The van der Waals surface area contributed by atoms with Crippen LogP contribution in [0, 0.1) is 0 Å². The van der Waals surface area contributed by atoms with Crippen molar-refractivity contribution in [2.24, 2.45) is 0 Å². The lowest BCUT2D eigenvalue weighted by molar-refractivity contribution is -0.138. The summed E-state index contributed by atoms with van der Waals surface area (Å²) in [7, 11) is 0. The van der Waals surface area contributed by atoms with E-state index in [9.17, 15) is 18.0 Å². The maximum atomic E-state index is 12.7. The molecule has 2 aromatic carbocycles. The Morgan fingerprint density at radius 1 is 1.12 bits per heavy atom. The van der Waals surface area contributed by atoms with Crippen molar-refractivity contribution in [3.63, 3.8) is 0 Å². The maximum absolute atomic E-state index is 12.7. The van der Waals surface area contributed by atoms with Crippen LogP contribution in [-0.4, -0.2) is 11.1 Å². The minimum Gasteiger partial charge on any atom is -0.481 e. The Hall–Kier alpha value is -2.50. The molecule has 6 heteroatoms. The summed E-state index contributed by atoms with van der Waals surface area (Å²) in [6.07, 6.45) is -3.85. The fourth-order valence-electron chi connectivity index (χ4n) is 3.17. The van der Waals surface area contributed by atoms with Crippen molar-refractivity contribution in [2.45, 2.75) is 31.0 Å².